The Bertz CT molecular complexity index is 1150. The number of rotatable bonds is 9. The van der Waals surface area contributed by atoms with Crippen LogP contribution in [0.4, 0.5) is 5.69 Å². The number of para-hydroxylation sites is 1. The van der Waals surface area contributed by atoms with E-state index in [9.17, 15) is 13.2 Å². The van der Waals surface area contributed by atoms with Gasteiger partial charge in [0.25, 0.3) is 15.9 Å². The number of carbonyl (C=O) groups is 1. The molecule has 0 aliphatic carbocycles. The largest absolute Gasteiger partial charge is 0.481 e. The average molecular weight is 471 g/mol. The highest BCUT2D eigenvalue weighted by Gasteiger charge is 2.18. The molecule has 1 atom stereocenters. The van der Waals surface area contributed by atoms with Gasteiger partial charge in [-0.1, -0.05) is 42.1 Å². The zero-order valence-corrected chi connectivity index (χ0v) is 19.7. The Hall–Kier alpha value is -2.97. The van der Waals surface area contributed by atoms with E-state index in [4.69, 9.17) is 4.74 Å². The monoisotopic (exact) mass is 470 g/mol. The number of hydrogen-bond acceptors (Lipinski definition) is 5. The van der Waals surface area contributed by atoms with Crippen LogP contribution in [0.2, 0.25) is 0 Å². The summed E-state index contributed by atoms with van der Waals surface area (Å²) < 4.78 is 34.2. The second-order valence-electron chi connectivity index (χ2n) is 7.41. The summed E-state index contributed by atoms with van der Waals surface area (Å²) in [6.07, 6.45) is -0.695. The highest BCUT2D eigenvalue weighted by molar-refractivity contribution is 7.99. The molecule has 6 nitrogen and oxygen atoms in total. The topological polar surface area (TPSA) is 84.5 Å². The summed E-state index contributed by atoms with van der Waals surface area (Å²) in [5, 5.41) is 2.78. The number of hydrogen-bond donors (Lipinski definition) is 2. The maximum Gasteiger partial charge on any atom is 0.261 e. The number of ether oxygens (including phenoxy) is 1. The van der Waals surface area contributed by atoms with Crippen molar-refractivity contribution in [2.24, 2.45) is 0 Å². The number of amides is 1. The Labute approximate surface area is 193 Å². The summed E-state index contributed by atoms with van der Waals surface area (Å²) in [7, 11) is -3.80. The van der Waals surface area contributed by atoms with Crippen molar-refractivity contribution in [3.8, 4) is 5.75 Å². The van der Waals surface area contributed by atoms with E-state index in [-0.39, 0.29) is 16.8 Å². The van der Waals surface area contributed by atoms with Crippen molar-refractivity contribution in [2.75, 3.05) is 4.72 Å². The smallest absolute Gasteiger partial charge is 0.261 e. The van der Waals surface area contributed by atoms with Crippen molar-refractivity contribution in [1.29, 1.82) is 0 Å². The second-order valence-corrected chi connectivity index (χ2v) is 10.2. The number of sulfonamides is 1. The molecule has 2 N–H and O–H groups in total. The van der Waals surface area contributed by atoms with Gasteiger partial charge in [-0.05, 0) is 69.3 Å². The van der Waals surface area contributed by atoms with Crippen LogP contribution in [0.15, 0.2) is 93.5 Å². The fourth-order valence-electron chi connectivity index (χ4n) is 2.82. The van der Waals surface area contributed by atoms with E-state index in [0.29, 0.717) is 11.4 Å². The molecule has 3 aromatic rings. The highest BCUT2D eigenvalue weighted by Crippen LogP contribution is 2.34. The van der Waals surface area contributed by atoms with Crippen molar-refractivity contribution in [3.63, 3.8) is 0 Å². The number of benzene rings is 3. The normalized spacial score (nSPS) is 12.2. The first kappa shape index (κ1) is 23.7. The van der Waals surface area contributed by atoms with Crippen LogP contribution in [0.1, 0.15) is 20.8 Å². The Morgan fingerprint density at radius 3 is 2.16 bits per heavy atom. The molecule has 32 heavy (non-hydrogen) atoms. The lowest BCUT2D eigenvalue weighted by molar-refractivity contribution is -0.127. The fourth-order valence-corrected chi connectivity index (χ4v) is 4.88. The summed E-state index contributed by atoms with van der Waals surface area (Å²) in [5.74, 6) is 0.182. The zero-order chi connectivity index (χ0) is 23.1. The number of nitrogens with one attached hydrogen (secondary N) is 2. The third kappa shape index (κ3) is 6.51. The molecule has 0 aliphatic rings. The van der Waals surface area contributed by atoms with Gasteiger partial charge in [-0.3, -0.25) is 9.52 Å². The van der Waals surface area contributed by atoms with Gasteiger partial charge in [-0.25, -0.2) is 8.42 Å². The molecule has 8 heteroatoms. The first-order valence-corrected chi connectivity index (χ1v) is 12.5. The Balaban J connectivity index is 1.72. The molecule has 0 aromatic heterocycles. The summed E-state index contributed by atoms with van der Waals surface area (Å²) in [4.78, 5) is 13.9. The van der Waals surface area contributed by atoms with Crippen molar-refractivity contribution in [1.82, 2.24) is 5.32 Å². The Morgan fingerprint density at radius 1 is 0.875 bits per heavy atom. The van der Waals surface area contributed by atoms with E-state index in [1.807, 2.05) is 56.3 Å². The van der Waals surface area contributed by atoms with Crippen molar-refractivity contribution < 1.29 is 17.9 Å². The molecule has 1 amide bonds. The van der Waals surface area contributed by atoms with Crippen LogP contribution in [0.3, 0.4) is 0 Å². The van der Waals surface area contributed by atoms with Crippen molar-refractivity contribution in [2.45, 2.75) is 47.6 Å². The van der Waals surface area contributed by atoms with Crippen LogP contribution in [0.25, 0.3) is 0 Å². The summed E-state index contributed by atoms with van der Waals surface area (Å²) >= 11 is 1.48. The number of carbonyl (C=O) groups excluding carboxylic acids is 1. The van der Waals surface area contributed by atoms with Crippen LogP contribution in [-0.2, 0) is 14.8 Å². The third-order valence-electron chi connectivity index (χ3n) is 4.35. The van der Waals surface area contributed by atoms with Gasteiger partial charge in [0.05, 0.1) is 10.6 Å². The van der Waals surface area contributed by atoms with E-state index in [2.05, 4.69) is 10.0 Å². The van der Waals surface area contributed by atoms with E-state index in [0.717, 1.165) is 9.79 Å². The lowest BCUT2D eigenvalue weighted by Gasteiger charge is -2.17. The van der Waals surface area contributed by atoms with E-state index >= 15 is 0 Å². The first-order chi connectivity index (χ1) is 15.2. The van der Waals surface area contributed by atoms with Crippen molar-refractivity contribution in [3.05, 3.63) is 78.9 Å². The molecule has 0 fully saturated rings. The molecular weight excluding hydrogens is 444 g/mol. The van der Waals surface area contributed by atoms with Crippen LogP contribution >= 0.6 is 11.8 Å². The molecule has 0 unspecified atom stereocenters. The van der Waals surface area contributed by atoms with Crippen LogP contribution < -0.4 is 14.8 Å². The maximum atomic E-state index is 12.9. The van der Waals surface area contributed by atoms with Crippen molar-refractivity contribution >= 4 is 33.4 Å². The first-order valence-electron chi connectivity index (χ1n) is 10.2. The molecule has 0 bridgehead atoms. The Kier molecular flexibility index (Phi) is 7.82. The second kappa shape index (κ2) is 10.6. The molecule has 0 saturated heterocycles. The van der Waals surface area contributed by atoms with E-state index in [1.54, 1.807) is 31.2 Å². The average Bonchev–Trinajstić information content (AvgIpc) is 2.75. The third-order valence-corrected chi connectivity index (χ3v) is 6.81. The minimum absolute atomic E-state index is 0.00933. The van der Waals surface area contributed by atoms with Gasteiger partial charge < -0.3 is 10.1 Å². The van der Waals surface area contributed by atoms with Crippen LogP contribution in [0.5, 0.6) is 5.75 Å². The Morgan fingerprint density at radius 2 is 1.50 bits per heavy atom. The minimum Gasteiger partial charge on any atom is -0.481 e. The summed E-state index contributed by atoms with van der Waals surface area (Å²) in [6.45, 7) is 5.38. The standard InChI is InChI=1S/C24H26N2O4S2/c1-17(2)25-24(27)18(3)30-19-13-15-21(16-14-19)32(28,29)26-22-11-7-8-12-23(22)31-20-9-5-4-6-10-20/h4-18,26H,1-3H3,(H,25,27)/t18-/m1/s1. The predicted octanol–water partition coefficient (Wildman–Crippen LogP) is 4.93. The minimum atomic E-state index is -3.80. The SMILES string of the molecule is CC(C)NC(=O)[C@@H](C)Oc1ccc(S(=O)(=O)Nc2ccccc2Sc2ccccc2)cc1. The van der Waals surface area contributed by atoms with Crippen LogP contribution in [0, 0.1) is 0 Å². The lowest BCUT2D eigenvalue weighted by Crippen LogP contribution is -2.40. The van der Waals surface area contributed by atoms with Gasteiger partial charge >= 0.3 is 0 Å². The van der Waals surface area contributed by atoms with Crippen LogP contribution in [-0.4, -0.2) is 26.5 Å². The zero-order valence-electron chi connectivity index (χ0n) is 18.1. The molecular formula is C24H26N2O4S2. The number of anilines is 1. The molecule has 0 spiro atoms. The lowest BCUT2D eigenvalue weighted by atomic mass is 10.3. The van der Waals surface area contributed by atoms with Gasteiger partial charge in [0.2, 0.25) is 0 Å². The van der Waals surface area contributed by atoms with Gasteiger partial charge in [0, 0.05) is 15.8 Å². The van der Waals surface area contributed by atoms with Gasteiger partial charge in [-0.2, -0.15) is 0 Å². The van der Waals surface area contributed by atoms with Gasteiger partial charge in [-0.15, -0.1) is 0 Å². The summed E-state index contributed by atoms with van der Waals surface area (Å²) in [6, 6.07) is 23.0. The highest BCUT2D eigenvalue weighted by atomic mass is 32.2. The summed E-state index contributed by atoms with van der Waals surface area (Å²) in [5.41, 5.74) is 0.501. The fraction of sp³-hybridized carbons (Fsp3) is 0.208. The molecule has 168 valence electrons. The van der Waals surface area contributed by atoms with E-state index in [1.165, 1.54) is 23.9 Å². The molecule has 0 saturated carbocycles. The molecule has 3 rings (SSSR count). The van der Waals surface area contributed by atoms with Gasteiger partial charge in [0.15, 0.2) is 6.10 Å². The molecule has 0 radical (unpaired) electrons. The molecule has 0 heterocycles. The van der Waals surface area contributed by atoms with E-state index < -0.39 is 16.1 Å². The maximum absolute atomic E-state index is 12.9. The van der Waals surface area contributed by atoms with Gasteiger partial charge in [0.1, 0.15) is 5.75 Å². The predicted molar refractivity (Wildman–Crippen MR) is 128 cm³/mol. The molecule has 3 aromatic carbocycles. The molecule has 0 aliphatic heterocycles. The quantitative estimate of drug-likeness (QED) is 0.463.